The molecule has 2 aliphatic rings. The number of benzene rings is 2. The van der Waals surface area contributed by atoms with Gasteiger partial charge in [-0.2, -0.15) is 0 Å². The van der Waals surface area contributed by atoms with Crippen LogP contribution in [0.15, 0.2) is 42.5 Å². The number of nitrogens with zero attached hydrogens (tertiary/aromatic N) is 1. The fourth-order valence-corrected chi connectivity index (χ4v) is 4.64. The number of amides is 1. The van der Waals surface area contributed by atoms with Gasteiger partial charge < -0.3 is 14.8 Å². The molecule has 1 atom stereocenters. The normalized spacial score (nSPS) is 20.8. The number of fused-ring (bicyclic) bond motifs is 1. The summed E-state index contributed by atoms with van der Waals surface area (Å²) in [5, 5.41) is 3.22. The Morgan fingerprint density at radius 1 is 1.10 bits per heavy atom. The number of ether oxygens (including phenoxy) is 2. The summed E-state index contributed by atoms with van der Waals surface area (Å²) in [4.78, 5) is 15.5. The van der Waals surface area contributed by atoms with E-state index in [1.54, 1.807) is 7.11 Å². The zero-order valence-electron chi connectivity index (χ0n) is 18.9. The summed E-state index contributed by atoms with van der Waals surface area (Å²) in [7, 11) is 1.64. The molecule has 0 bridgehead atoms. The van der Waals surface area contributed by atoms with Gasteiger partial charge in [0.15, 0.2) is 0 Å². The van der Waals surface area contributed by atoms with E-state index in [9.17, 15) is 4.79 Å². The molecule has 4 rings (SSSR count). The fraction of sp³-hybridized carbons (Fsp3) is 0.500. The van der Waals surface area contributed by atoms with Gasteiger partial charge in [-0.3, -0.25) is 9.69 Å². The zero-order valence-corrected chi connectivity index (χ0v) is 18.9. The highest BCUT2D eigenvalue weighted by Crippen LogP contribution is 2.41. The number of hydrogen-bond acceptors (Lipinski definition) is 4. The van der Waals surface area contributed by atoms with E-state index in [2.05, 4.69) is 22.3 Å². The van der Waals surface area contributed by atoms with Crippen molar-refractivity contribution in [3.8, 4) is 11.5 Å². The van der Waals surface area contributed by atoms with Gasteiger partial charge in [-0.1, -0.05) is 25.0 Å². The predicted octanol–water partition coefficient (Wildman–Crippen LogP) is 5.10. The minimum atomic E-state index is -0.367. The molecule has 2 aliphatic heterocycles. The maximum atomic E-state index is 13.0. The Kier molecular flexibility index (Phi) is 6.51. The van der Waals surface area contributed by atoms with Gasteiger partial charge in [-0.05, 0) is 69.6 Å². The van der Waals surface area contributed by atoms with Gasteiger partial charge in [-0.25, -0.2) is 0 Å². The molecule has 5 heteroatoms. The molecule has 5 nitrogen and oxygen atoms in total. The second-order valence-electron chi connectivity index (χ2n) is 9.38. The first-order valence-corrected chi connectivity index (χ1v) is 11.4. The monoisotopic (exact) mass is 422 g/mol. The molecule has 2 aromatic rings. The first-order chi connectivity index (χ1) is 14.9. The van der Waals surface area contributed by atoms with Crippen molar-refractivity contribution in [2.24, 2.45) is 0 Å². The third kappa shape index (κ3) is 5.40. The topological polar surface area (TPSA) is 50.8 Å². The van der Waals surface area contributed by atoms with Gasteiger partial charge in [0.25, 0.3) is 5.91 Å². The van der Waals surface area contributed by atoms with Gasteiger partial charge in [0.2, 0.25) is 0 Å². The van der Waals surface area contributed by atoms with E-state index < -0.39 is 0 Å². The van der Waals surface area contributed by atoms with Crippen molar-refractivity contribution >= 4 is 5.91 Å². The van der Waals surface area contributed by atoms with Crippen molar-refractivity contribution in [3.05, 3.63) is 59.2 Å². The molecule has 1 unspecified atom stereocenters. The number of hydrogen-bond donors (Lipinski definition) is 1. The molecule has 1 amide bonds. The summed E-state index contributed by atoms with van der Waals surface area (Å²) in [6.07, 6.45) is 5.97. The molecular formula is C26H34N2O3. The minimum absolute atomic E-state index is 0.0502. The number of nitrogens with one attached hydrogen (secondary N) is 1. The molecule has 2 heterocycles. The highest BCUT2D eigenvalue weighted by Gasteiger charge is 2.35. The highest BCUT2D eigenvalue weighted by atomic mass is 16.5. The second-order valence-corrected chi connectivity index (χ2v) is 9.38. The number of methoxy groups -OCH3 is 1. The van der Waals surface area contributed by atoms with Crippen LogP contribution in [0, 0.1) is 0 Å². The molecule has 31 heavy (non-hydrogen) atoms. The van der Waals surface area contributed by atoms with Crippen molar-refractivity contribution in [2.75, 3.05) is 20.2 Å². The van der Waals surface area contributed by atoms with Crippen molar-refractivity contribution in [1.29, 1.82) is 0 Å². The lowest BCUT2D eigenvalue weighted by molar-refractivity contribution is 0.0617. The van der Waals surface area contributed by atoms with E-state index in [1.807, 2.05) is 44.2 Å². The van der Waals surface area contributed by atoms with Gasteiger partial charge in [0.05, 0.1) is 13.2 Å². The lowest BCUT2D eigenvalue weighted by atomic mass is 9.89. The van der Waals surface area contributed by atoms with Crippen LogP contribution < -0.4 is 14.8 Å². The van der Waals surface area contributed by atoms with Crippen LogP contribution in [0.3, 0.4) is 0 Å². The van der Waals surface area contributed by atoms with Crippen LogP contribution in [-0.4, -0.2) is 36.6 Å². The standard InChI is InChI=1S/C26H34N2O3/c1-26(2)17-23(22-13-12-21(30-3)16-24(22)31-26)27-25(29)20-10-8-19(9-11-20)18-28-14-6-4-5-7-15-28/h8-13,16,23H,4-7,14-15,17-18H2,1-3H3,(H,27,29). The third-order valence-electron chi connectivity index (χ3n) is 6.30. The Morgan fingerprint density at radius 2 is 1.81 bits per heavy atom. The van der Waals surface area contributed by atoms with E-state index >= 15 is 0 Å². The fourth-order valence-electron chi connectivity index (χ4n) is 4.64. The van der Waals surface area contributed by atoms with Crippen LogP contribution >= 0.6 is 0 Å². The number of carbonyl (C=O) groups is 1. The first kappa shape index (κ1) is 21.7. The molecule has 166 valence electrons. The Labute approximate surface area is 185 Å². The van der Waals surface area contributed by atoms with Crippen molar-refractivity contribution in [2.45, 2.75) is 64.1 Å². The molecule has 2 aromatic carbocycles. The number of rotatable bonds is 5. The summed E-state index contributed by atoms with van der Waals surface area (Å²) in [5.74, 6) is 1.47. The van der Waals surface area contributed by atoms with E-state index in [0.717, 1.165) is 23.6 Å². The highest BCUT2D eigenvalue weighted by molar-refractivity contribution is 5.94. The summed E-state index contributed by atoms with van der Waals surface area (Å²) in [5.41, 5.74) is 2.59. The number of likely N-dealkylation sites (tertiary alicyclic amines) is 1. The lowest BCUT2D eigenvalue weighted by Gasteiger charge is -2.38. The largest absolute Gasteiger partial charge is 0.497 e. The van der Waals surface area contributed by atoms with E-state index in [4.69, 9.17) is 9.47 Å². The molecule has 0 saturated carbocycles. The molecule has 0 radical (unpaired) electrons. The van der Waals surface area contributed by atoms with Crippen molar-refractivity contribution in [1.82, 2.24) is 10.2 Å². The zero-order chi connectivity index (χ0) is 21.8. The average Bonchev–Trinajstić information content (AvgIpc) is 3.01. The van der Waals surface area contributed by atoms with Crippen LogP contribution in [-0.2, 0) is 6.54 Å². The minimum Gasteiger partial charge on any atom is -0.497 e. The average molecular weight is 423 g/mol. The first-order valence-electron chi connectivity index (χ1n) is 11.4. The van der Waals surface area contributed by atoms with Crippen LogP contribution in [0.2, 0.25) is 0 Å². The van der Waals surface area contributed by atoms with E-state index in [0.29, 0.717) is 12.0 Å². The molecule has 0 spiro atoms. The Hall–Kier alpha value is -2.53. The summed E-state index contributed by atoms with van der Waals surface area (Å²) in [6.45, 7) is 7.40. The molecular weight excluding hydrogens is 388 g/mol. The van der Waals surface area contributed by atoms with Crippen LogP contribution in [0.1, 0.15) is 73.5 Å². The summed E-state index contributed by atoms with van der Waals surface area (Å²) < 4.78 is 11.5. The Morgan fingerprint density at radius 3 is 2.48 bits per heavy atom. The predicted molar refractivity (Wildman–Crippen MR) is 123 cm³/mol. The van der Waals surface area contributed by atoms with E-state index in [-0.39, 0.29) is 17.6 Å². The van der Waals surface area contributed by atoms with Crippen molar-refractivity contribution in [3.63, 3.8) is 0 Å². The summed E-state index contributed by atoms with van der Waals surface area (Å²) >= 11 is 0. The smallest absolute Gasteiger partial charge is 0.251 e. The Bertz CT molecular complexity index is 899. The molecule has 1 fully saturated rings. The van der Waals surface area contributed by atoms with Gasteiger partial charge >= 0.3 is 0 Å². The van der Waals surface area contributed by atoms with Crippen LogP contribution in [0.25, 0.3) is 0 Å². The SMILES string of the molecule is COc1ccc2c(c1)OC(C)(C)CC2NC(=O)c1ccc(CN2CCCCCC2)cc1. The van der Waals surface area contributed by atoms with Crippen LogP contribution in [0.5, 0.6) is 11.5 Å². The molecule has 1 saturated heterocycles. The molecule has 0 aliphatic carbocycles. The van der Waals surface area contributed by atoms with Gasteiger partial charge in [0.1, 0.15) is 17.1 Å². The summed E-state index contributed by atoms with van der Waals surface area (Å²) in [6, 6.07) is 13.8. The maximum absolute atomic E-state index is 13.0. The lowest BCUT2D eigenvalue weighted by Crippen LogP contribution is -2.41. The second kappa shape index (κ2) is 9.31. The van der Waals surface area contributed by atoms with Gasteiger partial charge in [-0.15, -0.1) is 0 Å². The van der Waals surface area contributed by atoms with Crippen molar-refractivity contribution < 1.29 is 14.3 Å². The third-order valence-corrected chi connectivity index (χ3v) is 6.30. The maximum Gasteiger partial charge on any atom is 0.251 e. The Balaban J connectivity index is 1.44. The van der Waals surface area contributed by atoms with Crippen LogP contribution in [0.4, 0.5) is 0 Å². The number of carbonyl (C=O) groups excluding carboxylic acids is 1. The van der Waals surface area contributed by atoms with Gasteiger partial charge in [0, 0.05) is 30.2 Å². The molecule has 0 aromatic heterocycles. The quantitative estimate of drug-likeness (QED) is 0.728. The van der Waals surface area contributed by atoms with E-state index in [1.165, 1.54) is 44.3 Å². The molecule has 1 N–H and O–H groups in total.